The van der Waals surface area contributed by atoms with Crippen molar-refractivity contribution in [1.29, 1.82) is 0 Å². The normalized spacial score (nSPS) is 17.9. The smallest absolute Gasteiger partial charge is 0.417 e. The van der Waals surface area contributed by atoms with Crippen molar-refractivity contribution in [2.24, 2.45) is 0 Å². The first-order valence-corrected chi connectivity index (χ1v) is 11.5. The molecule has 32 heavy (non-hydrogen) atoms. The molecule has 1 saturated heterocycles. The van der Waals surface area contributed by atoms with E-state index in [1.165, 1.54) is 0 Å². The summed E-state index contributed by atoms with van der Waals surface area (Å²) in [4.78, 5) is 20.3. The van der Waals surface area contributed by atoms with E-state index in [9.17, 15) is 26.4 Å². The first kappa shape index (κ1) is 22.0. The van der Waals surface area contributed by atoms with Gasteiger partial charge in [-0.05, 0) is 36.8 Å². The van der Waals surface area contributed by atoms with E-state index >= 15 is 0 Å². The molecule has 0 saturated carbocycles. The van der Waals surface area contributed by atoms with Crippen LogP contribution in [0.15, 0.2) is 48.7 Å². The fraction of sp³-hybridized carbons (Fsp3) is 0.286. The van der Waals surface area contributed by atoms with Gasteiger partial charge in [-0.1, -0.05) is 6.07 Å². The summed E-state index contributed by atoms with van der Waals surface area (Å²) in [6, 6.07) is 10.0. The third kappa shape index (κ3) is 5.34. The summed E-state index contributed by atoms with van der Waals surface area (Å²) in [6.45, 7) is 0. The zero-order chi connectivity index (χ0) is 22.9. The third-order valence-corrected chi connectivity index (χ3v) is 6.71. The Morgan fingerprint density at radius 2 is 1.97 bits per heavy atom. The number of pyridine rings is 2. The molecule has 0 aliphatic carbocycles. The lowest BCUT2D eigenvalue weighted by Crippen LogP contribution is -2.36. The summed E-state index contributed by atoms with van der Waals surface area (Å²) < 4.78 is 66.4. The van der Waals surface area contributed by atoms with Crippen molar-refractivity contribution in [3.05, 3.63) is 59.9 Å². The molecule has 0 spiro atoms. The summed E-state index contributed by atoms with van der Waals surface area (Å²) in [5.41, 5.74) is 0.263. The molecule has 1 amide bonds. The van der Waals surface area contributed by atoms with Gasteiger partial charge in [-0.2, -0.15) is 13.2 Å². The lowest BCUT2D eigenvalue weighted by molar-refractivity contribution is -0.137. The van der Waals surface area contributed by atoms with Crippen molar-refractivity contribution < 1.29 is 31.1 Å². The molecule has 2 aromatic heterocycles. The standard InChI is InChI=1S/C21H18F3N3O4S/c22-21(23,24)14-2-6-20(25-11-14)31-17-4-5-18-13(9-17)1-3-15(26-18)10-19(28)27-16-7-8-32(29,30)12-16/h1-6,9,11,16H,7-8,10,12H2,(H,27,28)/t16-/m0/s1. The van der Waals surface area contributed by atoms with Gasteiger partial charge >= 0.3 is 6.18 Å². The van der Waals surface area contributed by atoms with Crippen molar-refractivity contribution in [3.8, 4) is 11.6 Å². The van der Waals surface area contributed by atoms with E-state index in [0.717, 1.165) is 12.1 Å². The number of halogens is 3. The molecular formula is C21H18F3N3O4S. The van der Waals surface area contributed by atoms with Gasteiger partial charge in [0.25, 0.3) is 0 Å². The predicted molar refractivity (Wildman–Crippen MR) is 110 cm³/mol. The van der Waals surface area contributed by atoms with Crippen molar-refractivity contribution in [2.75, 3.05) is 11.5 Å². The number of fused-ring (bicyclic) bond motifs is 1. The van der Waals surface area contributed by atoms with E-state index in [2.05, 4.69) is 15.3 Å². The Morgan fingerprint density at radius 3 is 2.62 bits per heavy atom. The molecule has 1 N–H and O–H groups in total. The molecule has 4 rings (SSSR count). The molecule has 3 aromatic rings. The SMILES string of the molecule is O=C(Cc1ccc2cc(Oc3ccc(C(F)(F)F)cn3)ccc2n1)N[C@H]1CCS(=O)(=O)C1. The number of rotatable bonds is 5. The van der Waals surface area contributed by atoms with Gasteiger partial charge in [0.1, 0.15) is 5.75 Å². The van der Waals surface area contributed by atoms with Crippen LogP contribution in [0.4, 0.5) is 13.2 Å². The highest BCUT2D eigenvalue weighted by atomic mass is 32.2. The average Bonchev–Trinajstić information content (AvgIpc) is 3.06. The zero-order valence-corrected chi connectivity index (χ0v) is 17.4. The second kappa shape index (κ2) is 8.38. The van der Waals surface area contributed by atoms with Crippen LogP contribution < -0.4 is 10.1 Å². The minimum atomic E-state index is -4.47. The molecule has 1 aliphatic rings. The molecule has 168 valence electrons. The van der Waals surface area contributed by atoms with Gasteiger partial charge in [-0.15, -0.1) is 0 Å². The number of benzene rings is 1. The van der Waals surface area contributed by atoms with Crippen LogP contribution in [0.25, 0.3) is 10.9 Å². The van der Waals surface area contributed by atoms with E-state index in [-0.39, 0.29) is 35.8 Å². The Labute approximate surface area is 181 Å². The summed E-state index contributed by atoms with van der Waals surface area (Å²) >= 11 is 0. The number of carbonyl (C=O) groups excluding carboxylic acids is 1. The van der Waals surface area contributed by atoms with E-state index in [1.807, 2.05) is 0 Å². The van der Waals surface area contributed by atoms with E-state index < -0.39 is 21.6 Å². The largest absolute Gasteiger partial charge is 0.439 e. The highest BCUT2D eigenvalue weighted by molar-refractivity contribution is 7.91. The lowest BCUT2D eigenvalue weighted by atomic mass is 10.1. The van der Waals surface area contributed by atoms with Crippen LogP contribution in [0.3, 0.4) is 0 Å². The second-order valence-corrected chi connectivity index (χ2v) is 9.72. The van der Waals surface area contributed by atoms with Crippen molar-refractivity contribution in [3.63, 3.8) is 0 Å². The van der Waals surface area contributed by atoms with Gasteiger partial charge in [-0.3, -0.25) is 9.78 Å². The van der Waals surface area contributed by atoms with Crippen molar-refractivity contribution >= 4 is 26.6 Å². The van der Waals surface area contributed by atoms with Gasteiger partial charge in [-0.25, -0.2) is 13.4 Å². The maximum atomic E-state index is 12.6. The summed E-state index contributed by atoms with van der Waals surface area (Å²) in [5.74, 6) is 0.137. The maximum Gasteiger partial charge on any atom is 0.417 e. The number of nitrogens with one attached hydrogen (secondary N) is 1. The van der Waals surface area contributed by atoms with Crippen LogP contribution in [-0.4, -0.2) is 41.8 Å². The van der Waals surface area contributed by atoms with Crippen LogP contribution in [0.5, 0.6) is 11.6 Å². The molecule has 1 aliphatic heterocycles. The summed E-state index contributed by atoms with van der Waals surface area (Å²) in [6.07, 6.45) is -3.34. The molecule has 11 heteroatoms. The number of carbonyl (C=O) groups is 1. The van der Waals surface area contributed by atoms with E-state index in [4.69, 9.17) is 4.74 Å². The predicted octanol–water partition coefficient (Wildman–Crippen LogP) is 3.29. The van der Waals surface area contributed by atoms with Crippen molar-refractivity contribution in [2.45, 2.75) is 25.1 Å². The highest BCUT2D eigenvalue weighted by Gasteiger charge is 2.31. The Hall–Kier alpha value is -3.21. The third-order valence-electron chi connectivity index (χ3n) is 4.94. The highest BCUT2D eigenvalue weighted by Crippen LogP contribution is 2.30. The molecule has 1 aromatic carbocycles. The van der Waals surface area contributed by atoms with Crippen LogP contribution >= 0.6 is 0 Å². The fourth-order valence-electron chi connectivity index (χ4n) is 3.39. The van der Waals surface area contributed by atoms with Crippen LogP contribution in [0, 0.1) is 0 Å². The number of aromatic nitrogens is 2. The first-order valence-electron chi connectivity index (χ1n) is 9.68. The van der Waals surface area contributed by atoms with Gasteiger partial charge in [0.05, 0.1) is 34.7 Å². The Bertz CT molecular complexity index is 1260. The fourth-order valence-corrected chi connectivity index (χ4v) is 5.06. The Kier molecular flexibility index (Phi) is 5.76. The van der Waals surface area contributed by atoms with Crippen LogP contribution in [0.1, 0.15) is 17.7 Å². The van der Waals surface area contributed by atoms with Gasteiger partial charge in [0.15, 0.2) is 9.84 Å². The molecule has 7 nitrogen and oxygen atoms in total. The molecular weight excluding hydrogens is 447 g/mol. The number of sulfone groups is 1. The van der Waals surface area contributed by atoms with Gasteiger partial charge in [0, 0.05) is 23.7 Å². The van der Waals surface area contributed by atoms with E-state index in [1.54, 1.807) is 30.3 Å². The van der Waals surface area contributed by atoms with Crippen LogP contribution in [-0.2, 0) is 27.2 Å². The molecule has 0 unspecified atom stereocenters. The number of ether oxygens (including phenoxy) is 1. The summed E-state index contributed by atoms with van der Waals surface area (Å²) in [5, 5.41) is 3.43. The number of amides is 1. The molecule has 0 radical (unpaired) electrons. The van der Waals surface area contributed by atoms with E-state index in [0.29, 0.717) is 35.0 Å². The maximum absolute atomic E-state index is 12.6. The number of nitrogens with zero attached hydrogens (tertiary/aromatic N) is 2. The monoisotopic (exact) mass is 465 g/mol. The first-order chi connectivity index (χ1) is 15.1. The quantitative estimate of drug-likeness (QED) is 0.621. The summed E-state index contributed by atoms with van der Waals surface area (Å²) in [7, 11) is -3.07. The van der Waals surface area contributed by atoms with Gasteiger partial charge < -0.3 is 10.1 Å². The zero-order valence-electron chi connectivity index (χ0n) is 16.6. The number of alkyl halides is 3. The topological polar surface area (TPSA) is 98.2 Å². The van der Waals surface area contributed by atoms with Gasteiger partial charge in [0.2, 0.25) is 11.8 Å². The average molecular weight is 465 g/mol. The molecule has 3 heterocycles. The minimum absolute atomic E-state index is 0.0141. The lowest BCUT2D eigenvalue weighted by Gasteiger charge is -2.11. The minimum Gasteiger partial charge on any atom is -0.439 e. The van der Waals surface area contributed by atoms with Crippen LogP contribution in [0.2, 0.25) is 0 Å². The number of hydrogen-bond donors (Lipinski definition) is 1. The Morgan fingerprint density at radius 1 is 1.16 bits per heavy atom. The molecule has 1 fully saturated rings. The molecule has 1 atom stereocenters. The second-order valence-electron chi connectivity index (χ2n) is 7.49. The molecule has 0 bridgehead atoms. The Balaban J connectivity index is 1.41. The van der Waals surface area contributed by atoms with Crippen molar-refractivity contribution in [1.82, 2.24) is 15.3 Å². The number of hydrogen-bond acceptors (Lipinski definition) is 6.